The zero-order chi connectivity index (χ0) is 14.4. The van der Waals surface area contributed by atoms with Gasteiger partial charge in [0.05, 0.1) is 10.0 Å². The van der Waals surface area contributed by atoms with Gasteiger partial charge in [0.2, 0.25) is 0 Å². The molecule has 0 unspecified atom stereocenters. The molecule has 0 aliphatic heterocycles. The molecule has 19 heavy (non-hydrogen) atoms. The highest BCUT2D eigenvalue weighted by molar-refractivity contribution is 6.55. The lowest BCUT2D eigenvalue weighted by Gasteiger charge is -2.12. The fourth-order valence-electron chi connectivity index (χ4n) is 1.11. The molecular weight excluding hydrogens is 377 g/mol. The van der Waals surface area contributed by atoms with Gasteiger partial charge >= 0.3 is 0 Å². The fourth-order valence-corrected chi connectivity index (χ4v) is 1.93. The first-order valence-corrected chi connectivity index (χ1v) is 7.32. The molecule has 1 aromatic carbocycles. The number of rotatable bonds is 6. The molecule has 0 saturated heterocycles. The Kier molecular flexibility index (Phi) is 7.81. The predicted molar refractivity (Wildman–Crippen MR) is 82.7 cm³/mol. The van der Waals surface area contributed by atoms with Gasteiger partial charge in [0.25, 0.3) is 0 Å². The lowest BCUT2D eigenvalue weighted by atomic mass is 10.3. The normalized spacial score (nSPS) is 10.5. The van der Waals surface area contributed by atoms with E-state index in [0.29, 0.717) is 11.5 Å². The van der Waals surface area contributed by atoms with Crippen molar-refractivity contribution >= 4 is 69.6 Å². The van der Waals surface area contributed by atoms with Gasteiger partial charge < -0.3 is 9.47 Å². The van der Waals surface area contributed by atoms with Crippen molar-refractivity contribution in [3.63, 3.8) is 0 Å². The molecular formula is C11H8Cl6O2. The summed E-state index contributed by atoms with van der Waals surface area (Å²) in [6, 6.07) is 3.10. The average Bonchev–Trinajstić information content (AvgIpc) is 2.26. The van der Waals surface area contributed by atoms with Crippen molar-refractivity contribution in [1.82, 2.24) is 0 Å². The van der Waals surface area contributed by atoms with Gasteiger partial charge in [0.15, 0.2) is 5.75 Å². The van der Waals surface area contributed by atoms with Crippen LogP contribution in [0.2, 0.25) is 10.0 Å². The number of hydrogen-bond acceptors (Lipinski definition) is 2. The third kappa shape index (κ3) is 6.52. The molecule has 0 radical (unpaired) electrons. The molecule has 1 aromatic rings. The standard InChI is InChI=1S/C11H8Cl6O2/c12-7-3-6(18-2-1-9(14)15)4-8(13)11(7)19-5-10(16)17/h1,3-4,10H,2,5H2. The Morgan fingerprint density at radius 2 is 1.68 bits per heavy atom. The maximum atomic E-state index is 6.02. The third-order valence-corrected chi connectivity index (χ3v) is 2.94. The summed E-state index contributed by atoms with van der Waals surface area (Å²) >= 11 is 34.1. The maximum Gasteiger partial charge on any atom is 0.156 e. The Morgan fingerprint density at radius 3 is 2.16 bits per heavy atom. The molecule has 0 bridgehead atoms. The van der Waals surface area contributed by atoms with Crippen molar-refractivity contribution in [2.75, 3.05) is 13.2 Å². The third-order valence-electron chi connectivity index (χ3n) is 1.81. The highest BCUT2D eigenvalue weighted by Gasteiger charge is 2.12. The first-order chi connectivity index (χ1) is 8.90. The summed E-state index contributed by atoms with van der Waals surface area (Å²) in [6.07, 6.45) is 1.49. The summed E-state index contributed by atoms with van der Waals surface area (Å²) in [5.74, 6) is 0.759. The second kappa shape index (κ2) is 8.56. The van der Waals surface area contributed by atoms with Crippen LogP contribution in [0.1, 0.15) is 0 Å². The zero-order valence-electron chi connectivity index (χ0n) is 9.31. The van der Waals surface area contributed by atoms with Crippen molar-refractivity contribution < 1.29 is 9.47 Å². The minimum atomic E-state index is -0.668. The van der Waals surface area contributed by atoms with Crippen LogP contribution < -0.4 is 9.47 Å². The predicted octanol–water partition coefficient (Wildman–Crippen LogP) is 5.87. The van der Waals surface area contributed by atoms with E-state index in [2.05, 4.69) is 0 Å². The van der Waals surface area contributed by atoms with Crippen LogP contribution in [0.4, 0.5) is 0 Å². The molecule has 1 rings (SSSR count). The monoisotopic (exact) mass is 382 g/mol. The Hall–Kier alpha value is 0.300. The van der Waals surface area contributed by atoms with E-state index in [1.54, 1.807) is 12.1 Å². The van der Waals surface area contributed by atoms with Crippen LogP contribution in [0.25, 0.3) is 0 Å². The van der Waals surface area contributed by atoms with E-state index in [1.807, 2.05) is 0 Å². The number of benzene rings is 1. The average molecular weight is 385 g/mol. The summed E-state index contributed by atoms with van der Waals surface area (Å²) in [5, 5.41) is 0.579. The Bertz CT molecular complexity index is 433. The van der Waals surface area contributed by atoms with E-state index in [-0.39, 0.29) is 27.8 Å². The molecule has 0 heterocycles. The second-order valence-electron chi connectivity index (χ2n) is 3.22. The molecule has 0 spiro atoms. The van der Waals surface area contributed by atoms with E-state index in [4.69, 9.17) is 79.1 Å². The minimum Gasteiger partial charge on any atom is -0.489 e. The smallest absolute Gasteiger partial charge is 0.156 e. The highest BCUT2D eigenvalue weighted by Crippen LogP contribution is 2.37. The molecule has 2 nitrogen and oxygen atoms in total. The highest BCUT2D eigenvalue weighted by atomic mass is 35.5. The van der Waals surface area contributed by atoms with E-state index >= 15 is 0 Å². The van der Waals surface area contributed by atoms with E-state index in [1.165, 1.54) is 6.08 Å². The Morgan fingerprint density at radius 1 is 1.11 bits per heavy atom. The van der Waals surface area contributed by atoms with Crippen LogP contribution in [0.5, 0.6) is 11.5 Å². The molecule has 0 saturated carbocycles. The maximum absolute atomic E-state index is 6.02. The molecule has 106 valence electrons. The zero-order valence-corrected chi connectivity index (χ0v) is 13.8. The largest absolute Gasteiger partial charge is 0.489 e. The van der Waals surface area contributed by atoms with Gasteiger partial charge in [-0.1, -0.05) is 46.4 Å². The second-order valence-corrected chi connectivity index (χ2v) is 6.32. The molecule has 0 aliphatic carbocycles. The lowest BCUT2D eigenvalue weighted by molar-refractivity contribution is 0.332. The quantitative estimate of drug-likeness (QED) is 0.571. The van der Waals surface area contributed by atoms with Gasteiger partial charge in [-0.2, -0.15) is 0 Å². The van der Waals surface area contributed by atoms with Crippen molar-refractivity contribution in [1.29, 1.82) is 0 Å². The van der Waals surface area contributed by atoms with Gasteiger partial charge in [-0.15, -0.1) is 23.2 Å². The van der Waals surface area contributed by atoms with Gasteiger partial charge in [-0.05, 0) is 6.08 Å². The number of halogens is 6. The fraction of sp³-hybridized carbons (Fsp3) is 0.273. The Balaban J connectivity index is 2.76. The number of alkyl halides is 2. The van der Waals surface area contributed by atoms with Gasteiger partial charge in [-0.3, -0.25) is 0 Å². The molecule has 0 atom stereocenters. The van der Waals surface area contributed by atoms with E-state index in [0.717, 1.165) is 0 Å². The SMILES string of the molecule is ClC(Cl)=CCOc1cc(Cl)c(OCC(Cl)Cl)c(Cl)c1. The molecule has 0 N–H and O–H groups in total. The van der Waals surface area contributed by atoms with Crippen LogP contribution in [0.15, 0.2) is 22.7 Å². The van der Waals surface area contributed by atoms with E-state index < -0.39 is 4.84 Å². The van der Waals surface area contributed by atoms with Crippen molar-refractivity contribution in [2.45, 2.75) is 4.84 Å². The lowest BCUT2D eigenvalue weighted by Crippen LogP contribution is -2.06. The van der Waals surface area contributed by atoms with E-state index in [9.17, 15) is 0 Å². The van der Waals surface area contributed by atoms with Crippen LogP contribution >= 0.6 is 69.6 Å². The number of ether oxygens (including phenoxy) is 2. The molecule has 0 fully saturated rings. The first kappa shape index (κ1) is 17.4. The van der Waals surface area contributed by atoms with Crippen LogP contribution in [0.3, 0.4) is 0 Å². The number of hydrogen-bond donors (Lipinski definition) is 0. The summed E-state index contributed by atoms with van der Waals surface area (Å²) in [4.78, 5) is -0.668. The van der Waals surface area contributed by atoms with Crippen LogP contribution in [0, 0.1) is 0 Å². The summed E-state index contributed by atoms with van der Waals surface area (Å²) in [6.45, 7) is 0.272. The molecule has 8 heteroatoms. The Labute approximate surface area is 141 Å². The van der Waals surface area contributed by atoms with Crippen molar-refractivity contribution in [2.24, 2.45) is 0 Å². The van der Waals surface area contributed by atoms with Crippen molar-refractivity contribution in [3.05, 3.63) is 32.7 Å². The minimum absolute atomic E-state index is 0.0767. The summed E-state index contributed by atoms with van der Waals surface area (Å²) in [7, 11) is 0. The van der Waals surface area contributed by atoms with Crippen LogP contribution in [-0.2, 0) is 0 Å². The van der Waals surface area contributed by atoms with Gasteiger partial charge in [0.1, 0.15) is 28.3 Å². The molecule has 0 aliphatic rings. The topological polar surface area (TPSA) is 18.5 Å². The first-order valence-electron chi connectivity index (χ1n) is 4.94. The van der Waals surface area contributed by atoms with Gasteiger partial charge in [-0.25, -0.2) is 0 Å². The summed E-state index contributed by atoms with van der Waals surface area (Å²) in [5.41, 5.74) is 0. The van der Waals surface area contributed by atoms with Gasteiger partial charge in [0, 0.05) is 12.1 Å². The molecule has 0 amide bonds. The van der Waals surface area contributed by atoms with Crippen LogP contribution in [-0.4, -0.2) is 18.1 Å². The molecule has 0 aromatic heterocycles. The summed E-state index contributed by atoms with van der Waals surface area (Å²) < 4.78 is 10.7. The van der Waals surface area contributed by atoms with Crippen molar-refractivity contribution in [3.8, 4) is 11.5 Å².